The van der Waals surface area contributed by atoms with E-state index in [0.717, 1.165) is 0 Å². The Balaban J connectivity index is 3.33. The van der Waals surface area contributed by atoms with E-state index in [4.69, 9.17) is 16.7 Å². The molecule has 1 aromatic heterocycles. The van der Waals surface area contributed by atoms with E-state index in [1.54, 1.807) is 6.92 Å². The lowest BCUT2D eigenvalue weighted by Crippen LogP contribution is -2.27. The molecule has 0 unspecified atom stereocenters. The van der Waals surface area contributed by atoms with E-state index in [2.05, 4.69) is 10.3 Å². The highest BCUT2D eigenvalue weighted by Crippen LogP contribution is 2.08. The number of nitrogens with zero attached hydrogens (tertiary/aromatic N) is 2. The van der Waals surface area contributed by atoms with Crippen LogP contribution in [-0.4, -0.2) is 21.5 Å². The van der Waals surface area contributed by atoms with E-state index in [-0.39, 0.29) is 22.2 Å². The van der Waals surface area contributed by atoms with Crippen LogP contribution in [0.1, 0.15) is 6.92 Å². The van der Waals surface area contributed by atoms with Crippen molar-refractivity contribution in [3.63, 3.8) is 0 Å². The Labute approximate surface area is 73.9 Å². The monoisotopic (exact) mass is 185 g/mol. The van der Waals surface area contributed by atoms with Gasteiger partial charge in [0, 0.05) is 6.54 Å². The molecule has 0 fully saturated rings. The predicted molar refractivity (Wildman–Crippen MR) is 48.7 cm³/mol. The molecule has 6 N–H and O–H groups in total. The van der Waals surface area contributed by atoms with Crippen LogP contribution in [-0.2, 0) is 0 Å². The molecule has 0 aliphatic carbocycles. The normalized spacial score (nSPS) is 9.92. The molecule has 13 heavy (non-hydrogen) atoms. The Morgan fingerprint density at radius 3 is 2.77 bits per heavy atom. The van der Waals surface area contributed by atoms with Crippen LogP contribution in [0.25, 0.3) is 0 Å². The smallest absolute Gasteiger partial charge is 0.327 e. The number of nitrogens with one attached hydrogen (secondary N) is 1. The van der Waals surface area contributed by atoms with Gasteiger partial charge in [-0.2, -0.15) is 0 Å². The zero-order chi connectivity index (χ0) is 10.0. The zero-order valence-electron chi connectivity index (χ0n) is 7.11. The van der Waals surface area contributed by atoms with Crippen molar-refractivity contribution in [3.05, 3.63) is 10.4 Å². The molecule has 0 aliphatic rings. The van der Waals surface area contributed by atoms with Crippen molar-refractivity contribution in [2.75, 3.05) is 23.3 Å². The summed E-state index contributed by atoms with van der Waals surface area (Å²) in [7, 11) is 0. The third-order valence-electron chi connectivity index (χ3n) is 1.46. The first-order valence-electron chi connectivity index (χ1n) is 3.69. The SMILES string of the molecule is CCNc1nc(N)c(N)n(O)c1=O. The first kappa shape index (κ1) is 9.17. The molecule has 0 amide bonds. The summed E-state index contributed by atoms with van der Waals surface area (Å²) in [6.07, 6.45) is 0. The molecule has 0 bridgehead atoms. The van der Waals surface area contributed by atoms with E-state index >= 15 is 0 Å². The molecular weight excluding hydrogens is 174 g/mol. The summed E-state index contributed by atoms with van der Waals surface area (Å²) in [5.74, 6) is -0.360. The number of hydrogen-bond acceptors (Lipinski definition) is 6. The van der Waals surface area contributed by atoms with Crippen molar-refractivity contribution in [1.29, 1.82) is 0 Å². The molecule has 0 radical (unpaired) electrons. The molecule has 0 saturated carbocycles. The quantitative estimate of drug-likeness (QED) is 0.442. The van der Waals surface area contributed by atoms with Crippen LogP contribution in [0, 0.1) is 0 Å². The Bertz CT molecular complexity index is 372. The summed E-state index contributed by atoms with van der Waals surface area (Å²) in [5.41, 5.74) is 9.86. The van der Waals surface area contributed by atoms with E-state index in [9.17, 15) is 4.79 Å². The lowest BCUT2D eigenvalue weighted by Gasteiger charge is -2.07. The summed E-state index contributed by atoms with van der Waals surface area (Å²) in [5, 5.41) is 11.8. The van der Waals surface area contributed by atoms with E-state index in [1.165, 1.54) is 0 Å². The Kier molecular flexibility index (Phi) is 2.27. The van der Waals surface area contributed by atoms with E-state index in [1.807, 2.05) is 0 Å². The van der Waals surface area contributed by atoms with Crippen molar-refractivity contribution in [2.24, 2.45) is 0 Å². The zero-order valence-corrected chi connectivity index (χ0v) is 7.11. The number of anilines is 3. The molecule has 1 heterocycles. The van der Waals surface area contributed by atoms with Crippen LogP contribution < -0.4 is 22.3 Å². The number of nitrogen functional groups attached to an aromatic ring is 2. The topological polar surface area (TPSA) is 119 Å². The van der Waals surface area contributed by atoms with Gasteiger partial charge in [0.1, 0.15) is 0 Å². The highest BCUT2D eigenvalue weighted by atomic mass is 16.5. The minimum absolute atomic E-state index is 0.0169. The molecule has 7 nitrogen and oxygen atoms in total. The van der Waals surface area contributed by atoms with Crippen LogP contribution >= 0.6 is 0 Å². The van der Waals surface area contributed by atoms with Crippen molar-refractivity contribution >= 4 is 17.5 Å². The highest BCUT2D eigenvalue weighted by Gasteiger charge is 2.10. The number of nitrogens with two attached hydrogens (primary N) is 2. The van der Waals surface area contributed by atoms with Gasteiger partial charge in [0.2, 0.25) is 0 Å². The molecule has 0 aliphatic heterocycles. The molecule has 1 aromatic rings. The fraction of sp³-hybridized carbons (Fsp3) is 0.333. The minimum atomic E-state index is -0.714. The molecule has 0 saturated heterocycles. The fourth-order valence-electron chi connectivity index (χ4n) is 0.826. The second-order valence-corrected chi connectivity index (χ2v) is 2.38. The molecule has 0 spiro atoms. The number of aromatic nitrogens is 2. The van der Waals surface area contributed by atoms with Gasteiger partial charge >= 0.3 is 5.56 Å². The predicted octanol–water partition coefficient (Wildman–Crippen LogP) is -0.923. The standard InChI is InChI=1S/C6H11N5O2/c1-2-9-5-6(12)11(13)4(8)3(7)10-5/h13H,2,7-8H2,1H3,(H,9,10). The Morgan fingerprint density at radius 2 is 2.23 bits per heavy atom. The first-order valence-corrected chi connectivity index (χ1v) is 3.69. The van der Waals surface area contributed by atoms with Crippen LogP contribution in [0.15, 0.2) is 4.79 Å². The van der Waals surface area contributed by atoms with Gasteiger partial charge in [-0.3, -0.25) is 4.79 Å². The molecule has 72 valence electrons. The number of rotatable bonds is 2. The van der Waals surface area contributed by atoms with Gasteiger partial charge in [-0.05, 0) is 6.92 Å². The average molecular weight is 185 g/mol. The van der Waals surface area contributed by atoms with Gasteiger partial charge < -0.3 is 22.0 Å². The van der Waals surface area contributed by atoms with Crippen LogP contribution in [0.4, 0.5) is 17.5 Å². The van der Waals surface area contributed by atoms with Crippen molar-refractivity contribution in [2.45, 2.75) is 6.92 Å². The van der Waals surface area contributed by atoms with Crippen molar-refractivity contribution in [1.82, 2.24) is 9.71 Å². The first-order chi connectivity index (χ1) is 6.07. The third-order valence-corrected chi connectivity index (χ3v) is 1.46. The summed E-state index contributed by atoms with van der Waals surface area (Å²) in [4.78, 5) is 14.9. The Morgan fingerprint density at radius 1 is 1.62 bits per heavy atom. The largest absolute Gasteiger partial charge is 0.423 e. The minimum Gasteiger partial charge on any atom is -0.423 e. The van der Waals surface area contributed by atoms with Gasteiger partial charge in [-0.1, -0.05) is 0 Å². The van der Waals surface area contributed by atoms with E-state index in [0.29, 0.717) is 6.54 Å². The molecular formula is C6H11N5O2. The fourth-order valence-corrected chi connectivity index (χ4v) is 0.826. The lowest BCUT2D eigenvalue weighted by atomic mass is 10.5. The molecule has 7 heteroatoms. The van der Waals surface area contributed by atoms with Crippen LogP contribution in [0.3, 0.4) is 0 Å². The number of hydrogen-bond donors (Lipinski definition) is 4. The van der Waals surface area contributed by atoms with E-state index < -0.39 is 5.56 Å². The van der Waals surface area contributed by atoms with Gasteiger partial charge in [-0.15, -0.1) is 4.73 Å². The third kappa shape index (κ3) is 1.48. The summed E-state index contributed by atoms with van der Waals surface area (Å²) in [6.45, 7) is 2.29. The maximum atomic E-state index is 11.2. The van der Waals surface area contributed by atoms with Crippen molar-refractivity contribution in [3.8, 4) is 0 Å². The van der Waals surface area contributed by atoms with Crippen molar-refractivity contribution < 1.29 is 5.21 Å². The highest BCUT2D eigenvalue weighted by molar-refractivity contribution is 5.56. The van der Waals surface area contributed by atoms with Gasteiger partial charge in [0.05, 0.1) is 0 Å². The maximum absolute atomic E-state index is 11.2. The van der Waals surface area contributed by atoms with Crippen LogP contribution in [0.5, 0.6) is 0 Å². The summed E-state index contributed by atoms with van der Waals surface area (Å²) in [6, 6.07) is 0. The van der Waals surface area contributed by atoms with Gasteiger partial charge in [0.25, 0.3) is 0 Å². The van der Waals surface area contributed by atoms with Crippen LogP contribution in [0.2, 0.25) is 0 Å². The maximum Gasteiger partial charge on any atom is 0.327 e. The molecule has 0 atom stereocenters. The summed E-state index contributed by atoms with van der Waals surface area (Å²) >= 11 is 0. The average Bonchev–Trinajstić information content (AvgIpc) is 2.11. The molecule has 0 aromatic carbocycles. The lowest BCUT2D eigenvalue weighted by molar-refractivity contribution is 0.181. The summed E-state index contributed by atoms with van der Waals surface area (Å²) < 4.78 is 0.264. The van der Waals surface area contributed by atoms with Gasteiger partial charge in [-0.25, -0.2) is 4.98 Å². The molecule has 1 rings (SSSR count). The second-order valence-electron chi connectivity index (χ2n) is 2.38. The Hall–Kier alpha value is -1.92. The van der Waals surface area contributed by atoms with Gasteiger partial charge in [0.15, 0.2) is 17.5 Å². The second kappa shape index (κ2) is 3.21.